The number of nitrogens with zero attached hydrogens (tertiary/aromatic N) is 3. The molecule has 0 aromatic carbocycles. The first kappa shape index (κ1) is 25.3. The van der Waals surface area contributed by atoms with Crippen molar-refractivity contribution in [1.29, 1.82) is 0 Å². The molecule has 1 N–H and O–H groups in total. The Hall–Kier alpha value is -0.730. The lowest BCUT2D eigenvalue weighted by molar-refractivity contribution is 0.0170. The minimum Gasteiger partial charge on any atom is -0.444 e. The Morgan fingerprint density at radius 2 is 2.04 bits per heavy atom. The van der Waals surface area contributed by atoms with Crippen LogP contribution in [0.25, 0.3) is 0 Å². The maximum absolute atomic E-state index is 12.3. The molecule has 0 aliphatic carbocycles. The number of hydrogen-bond donors (Lipinski definition) is 1. The molecule has 1 aliphatic heterocycles. The first-order valence-electron chi connectivity index (χ1n) is 9.74. The number of ether oxygens (including phenoxy) is 1. The highest BCUT2D eigenvalue weighted by Gasteiger charge is 2.27. The SMILES string of the molecule is CCCCN(C)C(=NCC1CCCN(C(=O)OC(C)(C)C)C1)NCC.I. The molecule has 1 heterocycles. The van der Waals surface area contributed by atoms with E-state index in [0.717, 1.165) is 57.9 Å². The van der Waals surface area contributed by atoms with Gasteiger partial charge < -0.3 is 19.9 Å². The smallest absolute Gasteiger partial charge is 0.410 e. The van der Waals surface area contributed by atoms with Crippen molar-refractivity contribution in [2.24, 2.45) is 10.9 Å². The Morgan fingerprint density at radius 1 is 1.35 bits per heavy atom. The van der Waals surface area contributed by atoms with Crippen LogP contribution in [0.1, 0.15) is 60.3 Å². The molecule has 0 radical (unpaired) electrons. The topological polar surface area (TPSA) is 57.2 Å². The number of guanidine groups is 1. The van der Waals surface area contributed by atoms with Crippen LogP contribution in [-0.2, 0) is 4.74 Å². The highest BCUT2D eigenvalue weighted by atomic mass is 127. The van der Waals surface area contributed by atoms with Crippen molar-refractivity contribution in [1.82, 2.24) is 15.1 Å². The average Bonchev–Trinajstić information content (AvgIpc) is 2.55. The van der Waals surface area contributed by atoms with Gasteiger partial charge in [-0.05, 0) is 52.9 Å². The molecule has 7 heteroatoms. The summed E-state index contributed by atoms with van der Waals surface area (Å²) >= 11 is 0. The second-order valence-electron chi connectivity index (χ2n) is 7.90. The highest BCUT2D eigenvalue weighted by Crippen LogP contribution is 2.19. The summed E-state index contributed by atoms with van der Waals surface area (Å²) in [5.74, 6) is 1.36. The second-order valence-corrected chi connectivity index (χ2v) is 7.90. The lowest BCUT2D eigenvalue weighted by Gasteiger charge is -2.33. The molecule has 6 nitrogen and oxygen atoms in total. The minimum absolute atomic E-state index is 0. The van der Waals surface area contributed by atoms with Crippen molar-refractivity contribution >= 4 is 36.0 Å². The molecule has 1 atom stereocenters. The predicted octanol–water partition coefficient (Wildman–Crippen LogP) is 3.95. The number of carbonyl (C=O) groups is 1. The van der Waals surface area contributed by atoms with Gasteiger partial charge in [-0.3, -0.25) is 4.99 Å². The fourth-order valence-electron chi connectivity index (χ4n) is 2.89. The van der Waals surface area contributed by atoms with E-state index in [0.29, 0.717) is 5.92 Å². The van der Waals surface area contributed by atoms with E-state index in [1.807, 2.05) is 25.7 Å². The number of unbranched alkanes of at least 4 members (excludes halogenated alkanes) is 1. The van der Waals surface area contributed by atoms with Gasteiger partial charge in [-0.1, -0.05) is 13.3 Å². The number of halogens is 1. The molecule has 0 spiro atoms. The summed E-state index contributed by atoms with van der Waals surface area (Å²) in [5.41, 5.74) is -0.442. The van der Waals surface area contributed by atoms with Crippen LogP contribution in [0.4, 0.5) is 4.79 Å². The maximum atomic E-state index is 12.3. The van der Waals surface area contributed by atoms with E-state index >= 15 is 0 Å². The van der Waals surface area contributed by atoms with E-state index in [1.54, 1.807) is 0 Å². The third kappa shape index (κ3) is 9.83. The van der Waals surface area contributed by atoms with Gasteiger partial charge in [0.05, 0.1) is 0 Å². The van der Waals surface area contributed by atoms with Crippen LogP contribution in [0.3, 0.4) is 0 Å². The number of amides is 1. The van der Waals surface area contributed by atoms with E-state index in [4.69, 9.17) is 9.73 Å². The lowest BCUT2D eigenvalue weighted by atomic mass is 9.98. The molecule has 0 saturated carbocycles. The van der Waals surface area contributed by atoms with Crippen LogP contribution in [0.5, 0.6) is 0 Å². The summed E-state index contributed by atoms with van der Waals surface area (Å²) < 4.78 is 5.50. The van der Waals surface area contributed by atoms with Gasteiger partial charge in [0.25, 0.3) is 0 Å². The van der Waals surface area contributed by atoms with E-state index in [1.165, 1.54) is 6.42 Å². The standard InChI is InChI=1S/C19H38N4O2.HI/c1-7-9-12-22(6)17(20-8-2)21-14-16-11-10-13-23(15-16)18(24)25-19(3,4)5;/h16H,7-15H2,1-6H3,(H,20,21);1H. The highest BCUT2D eigenvalue weighted by molar-refractivity contribution is 14.0. The molecule has 1 unspecified atom stereocenters. The summed E-state index contributed by atoms with van der Waals surface area (Å²) in [6.07, 6.45) is 4.27. The normalized spacial score (nSPS) is 18.2. The van der Waals surface area contributed by atoms with Crippen molar-refractivity contribution in [3.63, 3.8) is 0 Å². The van der Waals surface area contributed by atoms with Crippen molar-refractivity contribution in [2.75, 3.05) is 39.8 Å². The van der Waals surface area contributed by atoms with Crippen molar-refractivity contribution in [3.8, 4) is 0 Å². The van der Waals surface area contributed by atoms with Crippen LogP contribution in [0, 0.1) is 5.92 Å². The molecule has 1 aliphatic rings. The fraction of sp³-hybridized carbons (Fsp3) is 0.895. The zero-order valence-corrected chi connectivity index (χ0v) is 19.8. The van der Waals surface area contributed by atoms with Gasteiger partial charge in [0.15, 0.2) is 5.96 Å². The van der Waals surface area contributed by atoms with Crippen LogP contribution in [-0.4, -0.2) is 67.2 Å². The van der Waals surface area contributed by atoms with Crippen molar-refractivity contribution in [3.05, 3.63) is 0 Å². The Labute approximate surface area is 177 Å². The van der Waals surface area contributed by atoms with Crippen molar-refractivity contribution < 1.29 is 9.53 Å². The fourth-order valence-corrected chi connectivity index (χ4v) is 2.89. The Kier molecular flexibility index (Phi) is 12.3. The number of piperidine rings is 1. The Morgan fingerprint density at radius 3 is 2.62 bits per heavy atom. The van der Waals surface area contributed by atoms with E-state index in [-0.39, 0.29) is 30.1 Å². The number of rotatable bonds is 6. The first-order chi connectivity index (χ1) is 11.8. The number of hydrogen-bond acceptors (Lipinski definition) is 3. The summed E-state index contributed by atoms with van der Waals surface area (Å²) in [7, 11) is 2.09. The molecule has 1 saturated heterocycles. The van der Waals surface area contributed by atoms with Gasteiger partial charge in [0, 0.05) is 39.8 Å². The Balaban J connectivity index is 0.00000625. The lowest BCUT2D eigenvalue weighted by Crippen LogP contribution is -2.44. The van der Waals surface area contributed by atoms with Gasteiger partial charge in [0.1, 0.15) is 5.60 Å². The molecule has 26 heavy (non-hydrogen) atoms. The predicted molar refractivity (Wildman–Crippen MR) is 119 cm³/mol. The van der Waals surface area contributed by atoms with Gasteiger partial charge in [-0.15, -0.1) is 24.0 Å². The molecule has 1 rings (SSSR count). The molecular formula is C19H39IN4O2. The van der Waals surface area contributed by atoms with Crippen molar-refractivity contribution in [2.45, 2.75) is 65.9 Å². The van der Waals surface area contributed by atoms with Gasteiger partial charge in [-0.25, -0.2) is 4.79 Å². The summed E-state index contributed by atoms with van der Waals surface area (Å²) in [5, 5.41) is 3.37. The molecule has 0 aromatic rings. The molecule has 0 bridgehead atoms. The molecule has 0 aromatic heterocycles. The third-order valence-electron chi connectivity index (χ3n) is 4.21. The number of aliphatic imine (C=N–C) groups is 1. The maximum Gasteiger partial charge on any atom is 0.410 e. The molecule has 154 valence electrons. The zero-order valence-electron chi connectivity index (χ0n) is 17.5. The molecule has 1 fully saturated rings. The summed E-state index contributed by atoms with van der Waals surface area (Å²) in [6.45, 7) is 14.2. The minimum atomic E-state index is -0.442. The van der Waals surface area contributed by atoms with E-state index in [2.05, 4.69) is 31.1 Å². The summed E-state index contributed by atoms with van der Waals surface area (Å²) in [6, 6.07) is 0. The van der Waals surface area contributed by atoms with Crippen LogP contribution in [0.15, 0.2) is 4.99 Å². The molecular weight excluding hydrogens is 443 g/mol. The average molecular weight is 482 g/mol. The Bertz CT molecular complexity index is 438. The van der Waals surface area contributed by atoms with Gasteiger partial charge in [0.2, 0.25) is 0 Å². The largest absolute Gasteiger partial charge is 0.444 e. The zero-order chi connectivity index (χ0) is 18.9. The van der Waals surface area contributed by atoms with Crippen LogP contribution < -0.4 is 5.32 Å². The summed E-state index contributed by atoms with van der Waals surface area (Å²) in [4.78, 5) is 21.1. The van der Waals surface area contributed by atoms with Crippen LogP contribution >= 0.6 is 24.0 Å². The molecule has 1 amide bonds. The number of nitrogens with one attached hydrogen (secondary N) is 1. The van der Waals surface area contributed by atoms with Gasteiger partial charge >= 0.3 is 6.09 Å². The van der Waals surface area contributed by atoms with Crippen LogP contribution in [0.2, 0.25) is 0 Å². The first-order valence-corrected chi connectivity index (χ1v) is 9.74. The number of carbonyl (C=O) groups excluding carboxylic acids is 1. The quantitative estimate of drug-likeness (QED) is 0.354. The third-order valence-corrected chi connectivity index (χ3v) is 4.21. The second kappa shape index (κ2) is 12.6. The van der Waals surface area contributed by atoms with E-state index < -0.39 is 5.60 Å². The van der Waals surface area contributed by atoms with Gasteiger partial charge in [-0.2, -0.15) is 0 Å². The number of likely N-dealkylation sites (tertiary alicyclic amines) is 1. The monoisotopic (exact) mass is 482 g/mol. The van der Waals surface area contributed by atoms with E-state index in [9.17, 15) is 4.79 Å².